The van der Waals surface area contributed by atoms with Crippen molar-refractivity contribution in [3.05, 3.63) is 28.8 Å². The van der Waals surface area contributed by atoms with Crippen LogP contribution >= 0.6 is 0 Å². The van der Waals surface area contributed by atoms with Gasteiger partial charge in [-0.3, -0.25) is 4.21 Å². The van der Waals surface area contributed by atoms with Crippen molar-refractivity contribution >= 4 is 16.8 Å². The molecule has 1 N–H and O–H groups in total. The minimum Gasteiger partial charge on any atom is -0.478 e. The summed E-state index contributed by atoms with van der Waals surface area (Å²) in [6.07, 6.45) is 4.39. The lowest BCUT2D eigenvalue weighted by molar-refractivity contribution is 0.0695. The second kappa shape index (κ2) is 4.75. The van der Waals surface area contributed by atoms with Gasteiger partial charge in [0.15, 0.2) is 0 Å². The summed E-state index contributed by atoms with van der Waals surface area (Å²) in [7, 11) is -1.04. The molecule has 0 spiro atoms. The molecule has 0 heterocycles. The van der Waals surface area contributed by atoms with Gasteiger partial charge in [0, 0.05) is 10.6 Å². The van der Waals surface area contributed by atoms with Crippen LogP contribution in [0.5, 0.6) is 0 Å². The van der Waals surface area contributed by atoms with Gasteiger partial charge in [0.25, 0.3) is 0 Å². The van der Waals surface area contributed by atoms with Gasteiger partial charge in [0.05, 0.1) is 16.4 Å². The normalized spacial score (nSPS) is 20.3. The van der Waals surface area contributed by atoms with E-state index in [9.17, 15) is 14.1 Å². The molecule has 1 aromatic rings. The van der Waals surface area contributed by atoms with Crippen LogP contribution in [0.25, 0.3) is 0 Å². The molecule has 0 unspecified atom stereocenters. The maximum Gasteiger partial charge on any atom is 0.336 e. The van der Waals surface area contributed by atoms with Gasteiger partial charge in [-0.25, -0.2) is 4.79 Å². The van der Waals surface area contributed by atoms with Gasteiger partial charge in [-0.05, 0) is 61.6 Å². The molecule has 1 aromatic carbocycles. The summed E-state index contributed by atoms with van der Waals surface area (Å²) in [6.45, 7) is 1.94. The Hall–Kier alpha value is -1.16. The maximum atomic E-state index is 12.6. The Bertz CT molecular complexity index is 557. The zero-order valence-corrected chi connectivity index (χ0v) is 11.8. The molecule has 102 valence electrons. The van der Waals surface area contributed by atoms with Gasteiger partial charge >= 0.3 is 5.97 Å². The molecule has 0 aliphatic heterocycles. The van der Waals surface area contributed by atoms with Gasteiger partial charge < -0.3 is 5.11 Å². The fourth-order valence-corrected chi connectivity index (χ4v) is 4.43. The van der Waals surface area contributed by atoms with Crippen molar-refractivity contribution in [1.29, 1.82) is 0 Å². The number of hydrogen-bond acceptors (Lipinski definition) is 2. The van der Waals surface area contributed by atoms with Gasteiger partial charge in [-0.2, -0.15) is 0 Å². The first-order valence-corrected chi connectivity index (χ1v) is 8.15. The van der Waals surface area contributed by atoms with Gasteiger partial charge in [-0.1, -0.05) is 6.07 Å². The highest BCUT2D eigenvalue weighted by Crippen LogP contribution is 2.45. The minimum absolute atomic E-state index is 0.309. The highest BCUT2D eigenvalue weighted by molar-refractivity contribution is 7.85. The monoisotopic (exact) mass is 278 g/mol. The first-order valence-electron chi connectivity index (χ1n) is 6.83. The zero-order chi connectivity index (χ0) is 13.6. The van der Waals surface area contributed by atoms with E-state index in [1.807, 2.05) is 6.92 Å². The fourth-order valence-electron chi connectivity index (χ4n) is 2.56. The van der Waals surface area contributed by atoms with Crippen LogP contribution in [0.15, 0.2) is 17.0 Å². The molecule has 1 atom stereocenters. The lowest BCUT2D eigenvalue weighted by atomic mass is 10.0. The Balaban J connectivity index is 2.06. The largest absolute Gasteiger partial charge is 0.478 e. The van der Waals surface area contributed by atoms with Crippen LogP contribution in [0.3, 0.4) is 0 Å². The highest BCUT2D eigenvalue weighted by atomic mass is 32.2. The van der Waals surface area contributed by atoms with E-state index >= 15 is 0 Å². The van der Waals surface area contributed by atoms with Crippen molar-refractivity contribution in [1.82, 2.24) is 0 Å². The average Bonchev–Trinajstić information content (AvgIpc) is 3.22. The molecule has 3 rings (SSSR count). The van der Waals surface area contributed by atoms with E-state index in [0.29, 0.717) is 23.2 Å². The molecule has 4 heteroatoms. The fraction of sp³-hybridized carbons (Fsp3) is 0.533. The standard InChI is InChI=1S/C15H18O3S/c1-9-2-7-12(15(16)17)13(11-5-6-11)14(9)19(18)8-10-3-4-10/h2,7,10-11H,3-6,8H2,1H3,(H,16,17)/t19-/m0/s1. The van der Waals surface area contributed by atoms with Gasteiger partial charge in [0.2, 0.25) is 0 Å². The lowest BCUT2D eigenvalue weighted by Gasteiger charge is -2.14. The van der Waals surface area contributed by atoms with Crippen molar-refractivity contribution in [3.8, 4) is 0 Å². The van der Waals surface area contributed by atoms with E-state index in [2.05, 4.69) is 0 Å². The Morgan fingerprint density at radius 1 is 1.32 bits per heavy atom. The van der Waals surface area contributed by atoms with E-state index in [1.54, 1.807) is 12.1 Å². The Kier molecular flexibility index (Phi) is 3.21. The predicted molar refractivity (Wildman–Crippen MR) is 74.1 cm³/mol. The number of aromatic carboxylic acids is 1. The summed E-state index contributed by atoms with van der Waals surface area (Å²) < 4.78 is 12.6. The average molecular weight is 278 g/mol. The van der Waals surface area contributed by atoms with E-state index in [0.717, 1.165) is 28.9 Å². The summed E-state index contributed by atoms with van der Waals surface area (Å²) in [5, 5.41) is 9.33. The number of aryl methyl sites for hydroxylation is 1. The molecule has 2 fully saturated rings. The molecule has 0 saturated heterocycles. The summed E-state index contributed by atoms with van der Waals surface area (Å²) in [5.41, 5.74) is 2.18. The summed E-state index contributed by atoms with van der Waals surface area (Å²) >= 11 is 0. The van der Waals surface area contributed by atoms with Crippen LogP contribution in [-0.4, -0.2) is 21.0 Å². The second-order valence-corrected chi connectivity index (χ2v) is 7.14. The quantitative estimate of drug-likeness (QED) is 0.900. The summed E-state index contributed by atoms with van der Waals surface area (Å²) in [5.74, 6) is 0.695. The molecule has 0 bridgehead atoms. The minimum atomic E-state index is -1.04. The molecule has 2 aliphatic carbocycles. The molecular weight excluding hydrogens is 260 g/mol. The number of carbonyl (C=O) groups is 1. The number of hydrogen-bond donors (Lipinski definition) is 1. The highest BCUT2D eigenvalue weighted by Gasteiger charge is 2.34. The number of carboxylic acid groups (broad SMARTS) is 1. The molecule has 2 aliphatic rings. The molecule has 0 amide bonds. The van der Waals surface area contributed by atoms with E-state index in [1.165, 1.54) is 12.8 Å². The van der Waals surface area contributed by atoms with Crippen molar-refractivity contribution in [2.45, 2.75) is 43.4 Å². The third kappa shape index (κ3) is 2.59. The SMILES string of the molecule is Cc1ccc(C(=O)O)c(C2CC2)c1[S@@](=O)CC1CC1. The molecule has 3 nitrogen and oxygen atoms in total. The first-order chi connectivity index (χ1) is 9.08. The van der Waals surface area contributed by atoms with Crippen molar-refractivity contribution < 1.29 is 14.1 Å². The molecule has 0 radical (unpaired) electrons. The third-order valence-corrected chi connectivity index (χ3v) is 5.69. The maximum absolute atomic E-state index is 12.6. The zero-order valence-electron chi connectivity index (χ0n) is 11.0. The van der Waals surface area contributed by atoms with Crippen LogP contribution in [0.4, 0.5) is 0 Å². The molecule has 2 saturated carbocycles. The van der Waals surface area contributed by atoms with Gasteiger partial charge in [-0.15, -0.1) is 0 Å². The topological polar surface area (TPSA) is 54.4 Å². The third-order valence-electron chi connectivity index (χ3n) is 3.92. The van der Waals surface area contributed by atoms with Gasteiger partial charge in [0.1, 0.15) is 0 Å². The number of rotatable bonds is 5. The Labute approximate surface area is 115 Å². The van der Waals surface area contributed by atoms with E-state index in [4.69, 9.17) is 0 Å². The second-order valence-electron chi connectivity index (χ2n) is 5.71. The summed E-state index contributed by atoms with van der Waals surface area (Å²) in [4.78, 5) is 12.2. The first kappa shape index (κ1) is 12.9. The Morgan fingerprint density at radius 3 is 2.53 bits per heavy atom. The van der Waals surface area contributed by atoms with Crippen molar-refractivity contribution in [2.75, 3.05) is 5.75 Å². The molecular formula is C15H18O3S. The molecule has 19 heavy (non-hydrogen) atoms. The van der Waals surface area contributed by atoms with Crippen LogP contribution in [0, 0.1) is 12.8 Å². The summed E-state index contributed by atoms with van der Waals surface area (Å²) in [6, 6.07) is 3.47. The van der Waals surface area contributed by atoms with Crippen molar-refractivity contribution in [2.24, 2.45) is 5.92 Å². The van der Waals surface area contributed by atoms with Crippen LogP contribution in [0.2, 0.25) is 0 Å². The Morgan fingerprint density at radius 2 is 2.00 bits per heavy atom. The van der Waals surface area contributed by atoms with E-state index in [-0.39, 0.29) is 0 Å². The number of benzene rings is 1. The molecule has 0 aromatic heterocycles. The van der Waals surface area contributed by atoms with Crippen LogP contribution in [-0.2, 0) is 10.8 Å². The van der Waals surface area contributed by atoms with E-state index < -0.39 is 16.8 Å². The predicted octanol–water partition coefficient (Wildman–Crippen LogP) is 3.09. The van der Waals surface area contributed by atoms with Crippen LogP contribution < -0.4 is 0 Å². The van der Waals surface area contributed by atoms with Crippen molar-refractivity contribution in [3.63, 3.8) is 0 Å². The lowest BCUT2D eigenvalue weighted by Crippen LogP contribution is -2.10. The smallest absolute Gasteiger partial charge is 0.336 e. The van der Waals surface area contributed by atoms with Crippen LogP contribution in [0.1, 0.15) is 53.1 Å². The number of carboxylic acids is 1.